The van der Waals surface area contributed by atoms with Gasteiger partial charge in [-0.15, -0.1) is 0 Å². The average Bonchev–Trinajstić information content (AvgIpc) is 2.44. The molecule has 2 aromatic carbocycles. The number of rotatable bonds is 5. The summed E-state index contributed by atoms with van der Waals surface area (Å²) < 4.78 is 6.33. The summed E-state index contributed by atoms with van der Waals surface area (Å²) in [5.74, 6) is 0.335. The average molecular weight is 403 g/mol. The Labute approximate surface area is 147 Å². The highest BCUT2D eigenvalue weighted by atomic mass is 79.9. The van der Waals surface area contributed by atoms with Crippen LogP contribution in [0.2, 0.25) is 10.0 Å². The molecule has 0 aliphatic heterocycles. The van der Waals surface area contributed by atoms with Crippen molar-refractivity contribution in [3.05, 3.63) is 56.5 Å². The van der Waals surface area contributed by atoms with Crippen molar-refractivity contribution >= 4 is 50.7 Å². The Morgan fingerprint density at radius 2 is 1.86 bits per heavy atom. The molecule has 0 atom stereocenters. The van der Waals surface area contributed by atoms with Crippen LogP contribution in [0.25, 0.3) is 0 Å². The minimum absolute atomic E-state index is 0.103. The van der Waals surface area contributed by atoms with E-state index >= 15 is 0 Å². The van der Waals surface area contributed by atoms with Crippen molar-refractivity contribution in [1.29, 1.82) is 0 Å². The summed E-state index contributed by atoms with van der Waals surface area (Å²) >= 11 is 15.2. The van der Waals surface area contributed by atoms with E-state index in [9.17, 15) is 4.79 Å². The lowest BCUT2D eigenvalue weighted by Crippen LogP contribution is -2.20. The number of halogens is 3. The smallest absolute Gasteiger partial charge is 0.262 e. The molecular weight excluding hydrogens is 389 g/mol. The summed E-state index contributed by atoms with van der Waals surface area (Å²) in [5, 5.41) is 3.61. The fraction of sp³-hybridized carbons (Fsp3) is 0.188. The van der Waals surface area contributed by atoms with Gasteiger partial charge in [0, 0.05) is 15.7 Å². The first kappa shape index (κ1) is 17.1. The maximum atomic E-state index is 11.9. The van der Waals surface area contributed by atoms with Crippen molar-refractivity contribution < 1.29 is 9.53 Å². The van der Waals surface area contributed by atoms with Crippen LogP contribution in [0.3, 0.4) is 0 Å². The number of nitrogens with one attached hydrogen (secondary N) is 1. The second-order valence-electron chi connectivity index (χ2n) is 4.61. The number of aryl methyl sites for hydroxylation is 1. The van der Waals surface area contributed by atoms with E-state index in [4.69, 9.17) is 27.9 Å². The molecule has 116 valence electrons. The third-order valence-electron chi connectivity index (χ3n) is 2.91. The molecule has 2 aromatic rings. The lowest BCUT2D eigenvalue weighted by Gasteiger charge is -2.10. The van der Waals surface area contributed by atoms with Crippen molar-refractivity contribution in [1.82, 2.24) is 0 Å². The van der Waals surface area contributed by atoms with Gasteiger partial charge in [0.05, 0.1) is 4.47 Å². The molecule has 22 heavy (non-hydrogen) atoms. The molecule has 0 bridgehead atoms. The number of hydrogen-bond acceptors (Lipinski definition) is 2. The lowest BCUT2D eigenvalue weighted by molar-refractivity contribution is -0.118. The van der Waals surface area contributed by atoms with Crippen LogP contribution in [0.15, 0.2) is 40.9 Å². The molecule has 0 aliphatic carbocycles. The van der Waals surface area contributed by atoms with Crippen LogP contribution < -0.4 is 10.1 Å². The zero-order valence-corrected chi connectivity index (χ0v) is 14.9. The van der Waals surface area contributed by atoms with Crippen molar-refractivity contribution in [2.75, 3.05) is 11.9 Å². The fourth-order valence-electron chi connectivity index (χ4n) is 1.85. The molecule has 0 saturated carbocycles. The molecule has 1 amide bonds. The van der Waals surface area contributed by atoms with Gasteiger partial charge in [-0.05, 0) is 58.2 Å². The van der Waals surface area contributed by atoms with Gasteiger partial charge in [-0.3, -0.25) is 4.79 Å². The van der Waals surface area contributed by atoms with Crippen LogP contribution in [-0.2, 0) is 11.2 Å². The molecule has 0 heterocycles. The SMILES string of the molecule is CCc1ccc(OCC(=O)Nc2cc(Cl)cc(Cl)c2)c(Br)c1. The van der Waals surface area contributed by atoms with E-state index < -0.39 is 0 Å². The van der Waals surface area contributed by atoms with Gasteiger partial charge in [-0.2, -0.15) is 0 Å². The van der Waals surface area contributed by atoms with E-state index in [0.717, 1.165) is 10.9 Å². The minimum atomic E-state index is -0.287. The Kier molecular flexibility index (Phi) is 6.12. The Bertz CT molecular complexity index is 672. The van der Waals surface area contributed by atoms with Crippen LogP contribution in [-0.4, -0.2) is 12.5 Å². The second-order valence-corrected chi connectivity index (χ2v) is 6.34. The predicted octanol–water partition coefficient (Wildman–Crippen LogP) is 5.34. The van der Waals surface area contributed by atoms with E-state index in [-0.39, 0.29) is 12.5 Å². The lowest BCUT2D eigenvalue weighted by atomic mass is 10.2. The Hall–Kier alpha value is -1.23. The van der Waals surface area contributed by atoms with Crippen LogP contribution in [0.5, 0.6) is 5.75 Å². The summed E-state index contributed by atoms with van der Waals surface area (Å²) in [7, 11) is 0. The van der Waals surface area contributed by atoms with Crippen LogP contribution in [0.1, 0.15) is 12.5 Å². The zero-order chi connectivity index (χ0) is 16.1. The van der Waals surface area contributed by atoms with Crippen molar-refractivity contribution in [2.45, 2.75) is 13.3 Å². The third kappa shape index (κ3) is 4.90. The normalized spacial score (nSPS) is 10.4. The Morgan fingerprint density at radius 1 is 1.18 bits per heavy atom. The highest BCUT2D eigenvalue weighted by Gasteiger charge is 2.08. The van der Waals surface area contributed by atoms with E-state index in [1.54, 1.807) is 18.2 Å². The molecule has 1 N–H and O–H groups in total. The molecular formula is C16H14BrCl2NO2. The van der Waals surface area contributed by atoms with Gasteiger partial charge in [-0.1, -0.05) is 36.2 Å². The maximum absolute atomic E-state index is 11.9. The first-order valence-corrected chi connectivity index (χ1v) is 8.20. The quantitative estimate of drug-likeness (QED) is 0.733. The minimum Gasteiger partial charge on any atom is -0.483 e. The molecule has 2 rings (SSSR count). The Morgan fingerprint density at radius 3 is 2.45 bits per heavy atom. The van der Waals surface area contributed by atoms with Gasteiger partial charge in [0.15, 0.2) is 6.61 Å². The number of carbonyl (C=O) groups excluding carboxylic acids is 1. The monoisotopic (exact) mass is 401 g/mol. The molecule has 0 aromatic heterocycles. The summed E-state index contributed by atoms with van der Waals surface area (Å²) in [6.45, 7) is 1.97. The van der Waals surface area contributed by atoms with Crippen LogP contribution in [0, 0.1) is 0 Å². The Balaban J connectivity index is 1.95. The second kappa shape index (κ2) is 7.86. The summed E-state index contributed by atoms with van der Waals surface area (Å²) in [6, 6.07) is 10.6. The molecule has 0 saturated heterocycles. The highest BCUT2D eigenvalue weighted by Crippen LogP contribution is 2.26. The molecule has 6 heteroatoms. The molecule has 0 radical (unpaired) electrons. The molecule has 0 aliphatic rings. The first-order chi connectivity index (χ1) is 10.5. The van der Waals surface area contributed by atoms with E-state index in [1.807, 2.05) is 18.2 Å². The largest absolute Gasteiger partial charge is 0.483 e. The number of amides is 1. The van der Waals surface area contributed by atoms with Crippen molar-refractivity contribution in [3.63, 3.8) is 0 Å². The number of carbonyl (C=O) groups is 1. The van der Waals surface area contributed by atoms with E-state index in [1.165, 1.54) is 5.56 Å². The van der Waals surface area contributed by atoms with Gasteiger partial charge < -0.3 is 10.1 Å². The van der Waals surface area contributed by atoms with Gasteiger partial charge >= 0.3 is 0 Å². The predicted molar refractivity (Wildman–Crippen MR) is 94.1 cm³/mol. The van der Waals surface area contributed by atoms with Gasteiger partial charge in [-0.25, -0.2) is 0 Å². The summed E-state index contributed by atoms with van der Waals surface area (Å²) in [5.41, 5.74) is 1.73. The number of benzene rings is 2. The number of hydrogen-bond donors (Lipinski definition) is 1. The standard InChI is InChI=1S/C16H14BrCl2NO2/c1-2-10-3-4-15(14(17)5-10)22-9-16(21)20-13-7-11(18)6-12(19)8-13/h3-8H,2,9H2,1H3,(H,20,21). The maximum Gasteiger partial charge on any atom is 0.262 e. The van der Waals surface area contributed by atoms with Gasteiger partial charge in [0.25, 0.3) is 5.91 Å². The first-order valence-electron chi connectivity index (χ1n) is 6.65. The van der Waals surface area contributed by atoms with E-state index in [0.29, 0.717) is 21.5 Å². The summed E-state index contributed by atoms with van der Waals surface area (Å²) in [6.07, 6.45) is 0.939. The summed E-state index contributed by atoms with van der Waals surface area (Å²) in [4.78, 5) is 11.9. The topological polar surface area (TPSA) is 38.3 Å². The highest BCUT2D eigenvalue weighted by molar-refractivity contribution is 9.10. The van der Waals surface area contributed by atoms with Gasteiger partial charge in [0.1, 0.15) is 5.75 Å². The molecule has 0 spiro atoms. The molecule has 0 unspecified atom stereocenters. The zero-order valence-electron chi connectivity index (χ0n) is 11.8. The number of ether oxygens (including phenoxy) is 1. The van der Waals surface area contributed by atoms with Crippen LogP contribution >= 0.6 is 39.1 Å². The van der Waals surface area contributed by atoms with Gasteiger partial charge in [0.2, 0.25) is 0 Å². The molecule has 0 fully saturated rings. The van der Waals surface area contributed by atoms with Crippen LogP contribution in [0.4, 0.5) is 5.69 Å². The van der Waals surface area contributed by atoms with Crippen molar-refractivity contribution in [2.24, 2.45) is 0 Å². The third-order valence-corrected chi connectivity index (χ3v) is 3.97. The van der Waals surface area contributed by atoms with E-state index in [2.05, 4.69) is 28.2 Å². The fourth-order valence-corrected chi connectivity index (χ4v) is 2.91. The molecule has 3 nitrogen and oxygen atoms in total. The number of anilines is 1. The van der Waals surface area contributed by atoms with Crippen molar-refractivity contribution in [3.8, 4) is 5.75 Å².